The third kappa shape index (κ3) is 13.3. The highest BCUT2D eigenvalue weighted by atomic mass is 16.6. The number of hydrogen-bond donors (Lipinski definition) is 4. The van der Waals surface area contributed by atoms with Crippen LogP contribution in [0.4, 0.5) is 0 Å². The molecule has 0 spiro atoms. The normalized spacial score (nSPS) is 12.4. The minimum Gasteiger partial charge on any atom is -0.460 e. The van der Waals surface area contributed by atoms with Gasteiger partial charge in [-0.3, -0.25) is 14.4 Å². The first-order valence-corrected chi connectivity index (χ1v) is 8.83. The Morgan fingerprint density at radius 2 is 1.76 bits per heavy atom. The maximum atomic E-state index is 12.2. The first-order chi connectivity index (χ1) is 11.7. The summed E-state index contributed by atoms with van der Waals surface area (Å²) in [5.41, 5.74) is 4.90. The van der Waals surface area contributed by atoms with E-state index in [2.05, 4.69) is 16.0 Å². The summed E-state index contributed by atoms with van der Waals surface area (Å²) in [5, 5.41) is 8.41. The van der Waals surface area contributed by atoms with Crippen molar-refractivity contribution in [2.45, 2.75) is 64.5 Å². The molecule has 1 atom stereocenters. The molecule has 146 valence electrons. The van der Waals surface area contributed by atoms with Crippen molar-refractivity contribution < 1.29 is 19.1 Å². The van der Waals surface area contributed by atoms with Crippen LogP contribution in [-0.2, 0) is 19.1 Å². The number of ether oxygens (including phenoxy) is 1. The van der Waals surface area contributed by atoms with Gasteiger partial charge in [-0.2, -0.15) is 0 Å². The second-order valence-corrected chi connectivity index (χ2v) is 6.89. The molecule has 0 aromatic rings. The lowest BCUT2D eigenvalue weighted by atomic mass is 10.1. The Labute approximate surface area is 150 Å². The zero-order valence-corrected chi connectivity index (χ0v) is 15.9. The van der Waals surface area contributed by atoms with E-state index < -0.39 is 17.6 Å². The van der Waals surface area contributed by atoms with Gasteiger partial charge in [-0.25, -0.2) is 0 Å². The highest BCUT2D eigenvalue weighted by molar-refractivity contribution is 5.88. The highest BCUT2D eigenvalue weighted by Gasteiger charge is 2.21. The largest absolute Gasteiger partial charge is 0.460 e. The predicted molar refractivity (Wildman–Crippen MR) is 96.9 cm³/mol. The fraction of sp³-hybridized carbons (Fsp3) is 0.824. The molecule has 0 unspecified atom stereocenters. The summed E-state index contributed by atoms with van der Waals surface area (Å²) in [6.45, 7) is 6.99. The van der Waals surface area contributed by atoms with E-state index >= 15 is 0 Å². The maximum absolute atomic E-state index is 12.2. The minimum absolute atomic E-state index is 0.00784. The molecule has 25 heavy (non-hydrogen) atoms. The standard InChI is InChI=1S/C17H34N4O4/c1-17(2,3)25-15(23)9-8-14(22)21-13(7-5-6-10-18)16(24)20-12-11-19-4/h13,19H,5-12,18H2,1-4H3,(H,20,24)(H,21,22)/t13-/m0/s1. The fourth-order valence-corrected chi connectivity index (χ4v) is 2.07. The topological polar surface area (TPSA) is 123 Å². The van der Waals surface area contributed by atoms with Crippen molar-refractivity contribution in [1.82, 2.24) is 16.0 Å². The molecule has 0 saturated carbocycles. The van der Waals surface area contributed by atoms with Gasteiger partial charge in [0.25, 0.3) is 0 Å². The summed E-state index contributed by atoms with van der Waals surface area (Å²) in [5.74, 6) is -0.994. The smallest absolute Gasteiger partial charge is 0.306 e. The minimum atomic E-state index is -0.616. The van der Waals surface area contributed by atoms with Crippen LogP contribution in [0.15, 0.2) is 0 Å². The second kappa shape index (κ2) is 12.7. The van der Waals surface area contributed by atoms with Crippen LogP contribution in [0.25, 0.3) is 0 Å². The number of unbranched alkanes of at least 4 members (excludes halogenated alkanes) is 1. The maximum Gasteiger partial charge on any atom is 0.306 e. The van der Waals surface area contributed by atoms with Gasteiger partial charge in [-0.15, -0.1) is 0 Å². The van der Waals surface area contributed by atoms with E-state index in [1.165, 1.54) is 0 Å². The lowest BCUT2D eigenvalue weighted by molar-refractivity contribution is -0.155. The van der Waals surface area contributed by atoms with E-state index in [1.54, 1.807) is 27.8 Å². The van der Waals surface area contributed by atoms with Crippen LogP contribution in [-0.4, -0.2) is 56.1 Å². The highest BCUT2D eigenvalue weighted by Crippen LogP contribution is 2.09. The Morgan fingerprint density at radius 1 is 1.08 bits per heavy atom. The molecular weight excluding hydrogens is 324 g/mol. The van der Waals surface area contributed by atoms with E-state index in [-0.39, 0.29) is 24.7 Å². The van der Waals surface area contributed by atoms with Crippen LogP contribution >= 0.6 is 0 Å². The van der Waals surface area contributed by atoms with Crippen LogP contribution in [0.5, 0.6) is 0 Å². The van der Waals surface area contributed by atoms with Crippen LogP contribution in [0.1, 0.15) is 52.9 Å². The molecule has 0 heterocycles. The van der Waals surface area contributed by atoms with Crippen molar-refractivity contribution in [3.8, 4) is 0 Å². The molecule has 0 aliphatic rings. The fourth-order valence-electron chi connectivity index (χ4n) is 2.07. The van der Waals surface area contributed by atoms with Crippen LogP contribution in [0.3, 0.4) is 0 Å². The number of esters is 1. The summed E-state index contributed by atoms with van der Waals surface area (Å²) < 4.78 is 5.17. The monoisotopic (exact) mass is 358 g/mol. The quantitative estimate of drug-likeness (QED) is 0.289. The van der Waals surface area contributed by atoms with Crippen molar-refractivity contribution in [2.24, 2.45) is 5.73 Å². The number of carbonyl (C=O) groups excluding carboxylic acids is 3. The van der Waals surface area contributed by atoms with Gasteiger partial charge < -0.3 is 26.4 Å². The number of amides is 2. The molecule has 0 bridgehead atoms. The first-order valence-electron chi connectivity index (χ1n) is 8.83. The van der Waals surface area contributed by atoms with Crippen molar-refractivity contribution in [3.63, 3.8) is 0 Å². The molecule has 0 fully saturated rings. The lowest BCUT2D eigenvalue weighted by Crippen LogP contribution is -2.48. The van der Waals surface area contributed by atoms with Crippen molar-refractivity contribution in [1.29, 1.82) is 0 Å². The number of nitrogens with two attached hydrogens (primary N) is 1. The average Bonchev–Trinajstić information content (AvgIpc) is 2.50. The molecule has 0 aliphatic carbocycles. The summed E-state index contributed by atoms with van der Waals surface area (Å²) in [7, 11) is 1.79. The molecular formula is C17H34N4O4. The molecule has 0 rings (SSSR count). The van der Waals surface area contributed by atoms with Gasteiger partial charge in [0.05, 0.1) is 6.42 Å². The summed E-state index contributed by atoms with van der Waals surface area (Å²) in [6.07, 6.45) is 2.02. The van der Waals surface area contributed by atoms with Gasteiger partial charge in [0.2, 0.25) is 11.8 Å². The number of carbonyl (C=O) groups is 3. The van der Waals surface area contributed by atoms with Crippen LogP contribution in [0, 0.1) is 0 Å². The zero-order valence-electron chi connectivity index (χ0n) is 15.9. The Bertz CT molecular complexity index is 421. The zero-order chi connectivity index (χ0) is 19.3. The van der Waals surface area contributed by atoms with Crippen molar-refractivity contribution in [3.05, 3.63) is 0 Å². The molecule has 0 saturated heterocycles. The number of rotatable bonds is 12. The Morgan fingerprint density at radius 3 is 2.32 bits per heavy atom. The van der Waals surface area contributed by atoms with Crippen molar-refractivity contribution in [2.75, 3.05) is 26.7 Å². The van der Waals surface area contributed by atoms with Gasteiger partial charge in [0.15, 0.2) is 0 Å². The van der Waals surface area contributed by atoms with E-state index in [0.29, 0.717) is 26.1 Å². The number of hydrogen-bond acceptors (Lipinski definition) is 6. The molecule has 5 N–H and O–H groups in total. The van der Waals surface area contributed by atoms with Gasteiger partial charge >= 0.3 is 5.97 Å². The molecule has 8 nitrogen and oxygen atoms in total. The molecule has 8 heteroatoms. The van der Waals surface area contributed by atoms with Crippen LogP contribution < -0.4 is 21.7 Å². The number of nitrogens with one attached hydrogen (secondary N) is 3. The molecule has 0 radical (unpaired) electrons. The van der Waals surface area contributed by atoms with E-state index in [4.69, 9.17) is 10.5 Å². The van der Waals surface area contributed by atoms with E-state index in [0.717, 1.165) is 12.8 Å². The Hall–Kier alpha value is -1.67. The van der Waals surface area contributed by atoms with Gasteiger partial charge in [-0.1, -0.05) is 0 Å². The Balaban J connectivity index is 4.42. The Kier molecular flexibility index (Phi) is 11.8. The molecule has 0 aliphatic heterocycles. The van der Waals surface area contributed by atoms with E-state index in [9.17, 15) is 14.4 Å². The molecule has 0 aromatic heterocycles. The summed E-state index contributed by atoms with van der Waals surface area (Å²) >= 11 is 0. The van der Waals surface area contributed by atoms with Gasteiger partial charge in [-0.05, 0) is 53.6 Å². The number of likely N-dealkylation sites (N-methyl/N-ethyl adjacent to an activating group) is 1. The lowest BCUT2D eigenvalue weighted by Gasteiger charge is -2.20. The van der Waals surface area contributed by atoms with Crippen molar-refractivity contribution >= 4 is 17.8 Å². The third-order valence-corrected chi connectivity index (χ3v) is 3.25. The van der Waals surface area contributed by atoms with Gasteiger partial charge in [0, 0.05) is 19.5 Å². The summed E-state index contributed by atoms with van der Waals surface area (Å²) in [4.78, 5) is 35.9. The molecule has 0 aromatic carbocycles. The average molecular weight is 358 g/mol. The third-order valence-electron chi connectivity index (χ3n) is 3.25. The summed E-state index contributed by atoms with van der Waals surface area (Å²) in [6, 6.07) is -0.616. The SMILES string of the molecule is CNCCNC(=O)[C@H](CCCCN)NC(=O)CCC(=O)OC(C)(C)C. The van der Waals surface area contributed by atoms with Crippen LogP contribution in [0.2, 0.25) is 0 Å². The predicted octanol–water partition coefficient (Wildman–Crippen LogP) is 0.0577. The van der Waals surface area contributed by atoms with Gasteiger partial charge in [0.1, 0.15) is 11.6 Å². The second-order valence-electron chi connectivity index (χ2n) is 6.89. The molecule has 2 amide bonds. The first kappa shape index (κ1) is 23.3. The van der Waals surface area contributed by atoms with E-state index in [1.807, 2.05) is 0 Å².